The number of rotatable bonds is 6. The van der Waals surface area contributed by atoms with Crippen LogP contribution in [-0.4, -0.2) is 50.1 Å². The number of amides is 1. The van der Waals surface area contributed by atoms with E-state index in [0.717, 1.165) is 44.8 Å². The molecule has 2 aromatic carbocycles. The molecule has 144 valence electrons. The molecule has 1 fully saturated rings. The van der Waals surface area contributed by atoms with Crippen LogP contribution in [0.2, 0.25) is 0 Å². The van der Waals surface area contributed by atoms with Gasteiger partial charge in [-0.1, -0.05) is 12.1 Å². The standard InChI is InChI=1S/C22H28FN3O/c1-3-24(4-2)20-9-11-21(12-10-20)25-13-15-26(16-14-25)22(27)17-18-5-7-19(23)8-6-18/h5-12H,3-4,13-17H2,1-2H3. The Bertz CT molecular complexity index is 733. The summed E-state index contributed by atoms with van der Waals surface area (Å²) in [4.78, 5) is 19.1. The van der Waals surface area contributed by atoms with Gasteiger partial charge in [0, 0.05) is 50.6 Å². The zero-order chi connectivity index (χ0) is 19.2. The minimum atomic E-state index is -0.271. The first-order chi connectivity index (χ1) is 13.1. The molecule has 0 bridgehead atoms. The first-order valence-electron chi connectivity index (χ1n) is 9.73. The number of halogens is 1. The second-order valence-electron chi connectivity index (χ2n) is 6.86. The van der Waals surface area contributed by atoms with Gasteiger partial charge in [-0.25, -0.2) is 4.39 Å². The number of nitrogens with zero attached hydrogens (tertiary/aromatic N) is 3. The monoisotopic (exact) mass is 369 g/mol. The van der Waals surface area contributed by atoms with E-state index in [2.05, 4.69) is 47.9 Å². The molecule has 0 unspecified atom stereocenters. The maximum absolute atomic E-state index is 13.0. The van der Waals surface area contributed by atoms with Crippen LogP contribution in [0, 0.1) is 5.82 Å². The molecule has 4 nitrogen and oxygen atoms in total. The molecule has 1 saturated heterocycles. The van der Waals surface area contributed by atoms with Gasteiger partial charge in [-0.05, 0) is 55.8 Å². The lowest BCUT2D eigenvalue weighted by Crippen LogP contribution is -2.49. The molecule has 3 rings (SSSR count). The molecule has 1 aliphatic rings. The molecule has 0 aromatic heterocycles. The van der Waals surface area contributed by atoms with Crippen molar-refractivity contribution in [2.75, 3.05) is 49.1 Å². The molecule has 1 amide bonds. The Balaban J connectivity index is 1.53. The average Bonchev–Trinajstić information content (AvgIpc) is 2.71. The molecule has 1 aliphatic heterocycles. The summed E-state index contributed by atoms with van der Waals surface area (Å²) in [5, 5.41) is 0. The maximum Gasteiger partial charge on any atom is 0.227 e. The topological polar surface area (TPSA) is 26.8 Å². The largest absolute Gasteiger partial charge is 0.372 e. The number of hydrogen-bond acceptors (Lipinski definition) is 3. The fourth-order valence-electron chi connectivity index (χ4n) is 3.57. The normalized spacial score (nSPS) is 14.3. The summed E-state index contributed by atoms with van der Waals surface area (Å²) in [7, 11) is 0. The SMILES string of the molecule is CCN(CC)c1ccc(N2CCN(C(=O)Cc3ccc(F)cc3)CC2)cc1. The zero-order valence-corrected chi connectivity index (χ0v) is 16.2. The van der Waals surface area contributed by atoms with Gasteiger partial charge < -0.3 is 14.7 Å². The van der Waals surface area contributed by atoms with Gasteiger partial charge in [0.25, 0.3) is 0 Å². The first-order valence-corrected chi connectivity index (χ1v) is 9.73. The molecular weight excluding hydrogens is 341 g/mol. The van der Waals surface area contributed by atoms with Crippen LogP contribution in [0.3, 0.4) is 0 Å². The first kappa shape index (κ1) is 19.2. The maximum atomic E-state index is 13.0. The molecule has 0 aliphatic carbocycles. The Morgan fingerprint density at radius 2 is 1.52 bits per heavy atom. The zero-order valence-electron chi connectivity index (χ0n) is 16.2. The van der Waals surface area contributed by atoms with Crippen molar-refractivity contribution in [3.63, 3.8) is 0 Å². The summed E-state index contributed by atoms with van der Waals surface area (Å²) >= 11 is 0. The van der Waals surface area contributed by atoms with Crippen LogP contribution in [0.15, 0.2) is 48.5 Å². The number of carbonyl (C=O) groups is 1. The smallest absolute Gasteiger partial charge is 0.227 e. The molecular formula is C22H28FN3O. The Morgan fingerprint density at radius 1 is 0.926 bits per heavy atom. The Labute approximate surface area is 161 Å². The lowest BCUT2D eigenvalue weighted by molar-refractivity contribution is -0.130. The van der Waals surface area contributed by atoms with E-state index in [0.29, 0.717) is 6.42 Å². The highest BCUT2D eigenvalue weighted by Gasteiger charge is 2.21. The molecule has 0 saturated carbocycles. The van der Waals surface area contributed by atoms with Crippen LogP contribution in [0.5, 0.6) is 0 Å². The van der Waals surface area contributed by atoms with Crippen LogP contribution in [0.25, 0.3) is 0 Å². The van der Waals surface area contributed by atoms with Gasteiger partial charge in [0.1, 0.15) is 5.82 Å². The van der Waals surface area contributed by atoms with Crippen molar-refractivity contribution in [1.29, 1.82) is 0 Å². The Hall–Kier alpha value is -2.56. The van der Waals surface area contributed by atoms with Crippen molar-refractivity contribution in [3.8, 4) is 0 Å². The van der Waals surface area contributed by atoms with Crippen LogP contribution in [0.4, 0.5) is 15.8 Å². The van der Waals surface area contributed by atoms with E-state index >= 15 is 0 Å². The third kappa shape index (κ3) is 4.79. The van der Waals surface area contributed by atoms with Crippen molar-refractivity contribution in [2.24, 2.45) is 0 Å². The van der Waals surface area contributed by atoms with Crippen LogP contribution >= 0.6 is 0 Å². The third-order valence-electron chi connectivity index (χ3n) is 5.24. The van der Waals surface area contributed by atoms with Crippen molar-refractivity contribution in [3.05, 3.63) is 59.9 Å². The number of piperazine rings is 1. The number of carbonyl (C=O) groups excluding carboxylic acids is 1. The fourth-order valence-corrected chi connectivity index (χ4v) is 3.57. The second-order valence-corrected chi connectivity index (χ2v) is 6.86. The van der Waals surface area contributed by atoms with Crippen LogP contribution in [0.1, 0.15) is 19.4 Å². The summed E-state index contributed by atoms with van der Waals surface area (Å²) in [6.07, 6.45) is 0.332. The highest BCUT2D eigenvalue weighted by Crippen LogP contribution is 2.22. The third-order valence-corrected chi connectivity index (χ3v) is 5.24. The Kier molecular flexibility index (Phi) is 6.32. The van der Waals surface area contributed by atoms with Gasteiger partial charge in [-0.15, -0.1) is 0 Å². The Morgan fingerprint density at radius 3 is 2.07 bits per heavy atom. The van der Waals surface area contributed by atoms with Gasteiger partial charge in [-0.2, -0.15) is 0 Å². The molecule has 27 heavy (non-hydrogen) atoms. The van der Waals surface area contributed by atoms with Crippen molar-refractivity contribution in [2.45, 2.75) is 20.3 Å². The molecule has 0 spiro atoms. The predicted molar refractivity (Wildman–Crippen MR) is 109 cm³/mol. The molecule has 0 N–H and O–H groups in total. The van der Waals surface area contributed by atoms with Crippen LogP contribution in [-0.2, 0) is 11.2 Å². The summed E-state index contributed by atoms with van der Waals surface area (Å²) < 4.78 is 13.0. The second kappa shape index (κ2) is 8.89. The minimum absolute atomic E-state index is 0.109. The van der Waals surface area contributed by atoms with E-state index in [1.165, 1.54) is 23.5 Å². The molecule has 1 heterocycles. The lowest BCUT2D eigenvalue weighted by atomic mass is 10.1. The summed E-state index contributed by atoms with van der Waals surface area (Å²) in [5.74, 6) is -0.162. The van der Waals surface area contributed by atoms with Gasteiger partial charge in [0.05, 0.1) is 6.42 Å². The molecule has 5 heteroatoms. The van der Waals surface area contributed by atoms with Gasteiger partial charge in [-0.3, -0.25) is 4.79 Å². The lowest BCUT2D eigenvalue weighted by Gasteiger charge is -2.36. The number of benzene rings is 2. The van der Waals surface area contributed by atoms with E-state index < -0.39 is 0 Å². The summed E-state index contributed by atoms with van der Waals surface area (Å²) in [6, 6.07) is 14.9. The number of hydrogen-bond donors (Lipinski definition) is 0. The molecule has 0 atom stereocenters. The average molecular weight is 369 g/mol. The van der Waals surface area contributed by atoms with Gasteiger partial charge in [0.15, 0.2) is 0 Å². The molecule has 0 radical (unpaired) electrons. The van der Waals surface area contributed by atoms with Crippen molar-refractivity contribution in [1.82, 2.24) is 4.90 Å². The predicted octanol–water partition coefficient (Wildman–Crippen LogP) is 3.56. The number of anilines is 2. The molecule has 2 aromatic rings. The highest BCUT2D eigenvalue weighted by molar-refractivity contribution is 5.79. The van der Waals surface area contributed by atoms with Gasteiger partial charge >= 0.3 is 0 Å². The van der Waals surface area contributed by atoms with Crippen molar-refractivity contribution >= 4 is 17.3 Å². The quantitative estimate of drug-likeness (QED) is 0.779. The van der Waals surface area contributed by atoms with E-state index in [9.17, 15) is 9.18 Å². The fraction of sp³-hybridized carbons (Fsp3) is 0.409. The van der Waals surface area contributed by atoms with E-state index in [-0.39, 0.29) is 11.7 Å². The highest BCUT2D eigenvalue weighted by atomic mass is 19.1. The minimum Gasteiger partial charge on any atom is -0.372 e. The van der Waals surface area contributed by atoms with Crippen LogP contribution < -0.4 is 9.80 Å². The summed E-state index contributed by atoms with van der Waals surface area (Å²) in [5.41, 5.74) is 3.31. The van der Waals surface area contributed by atoms with E-state index in [1.807, 2.05) is 4.90 Å². The van der Waals surface area contributed by atoms with Crippen molar-refractivity contribution < 1.29 is 9.18 Å². The van der Waals surface area contributed by atoms with Gasteiger partial charge in [0.2, 0.25) is 5.91 Å². The van der Waals surface area contributed by atoms with E-state index in [1.54, 1.807) is 12.1 Å². The van der Waals surface area contributed by atoms with E-state index in [4.69, 9.17) is 0 Å². The summed E-state index contributed by atoms with van der Waals surface area (Å²) in [6.45, 7) is 9.45.